The predicted molar refractivity (Wildman–Crippen MR) is 101 cm³/mol. The number of hydrogen-bond donors (Lipinski definition) is 1. The lowest BCUT2D eigenvalue weighted by molar-refractivity contribution is -0.136. The SMILES string of the molecule is CCc1ccc(-c2cc(C(F)(F)F)c3c(=O)[nH]c(=S)n(CCOC)c3n2)s1. The van der Waals surface area contributed by atoms with Crippen LogP contribution in [-0.2, 0) is 23.9 Å². The normalized spacial score (nSPS) is 12.0. The minimum absolute atomic E-state index is 0.00255. The van der Waals surface area contributed by atoms with E-state index in [1.165, 1.54) is 23.0 Å². The third-order valence-corrected chi connectivity index (χ3v) is 5.61. The molecule has 3 heterocycles. The van der Waals surface area contributed by atoms with E-state index in [0.717, 1.165) is 17.4 Å². The molecule has 3 aromatic rings. The van der Waals surface area contributed by atoms with Gasteiger partial charge in [0.15, 0.2) is 4.77 Å². The molecule has 144 valence electrons. The van der Waals surface area contributed by atoms with Gasteiger partial charge in [-0.2, -0.15) is 13.2 Å². The number of thiophene rings is 1. The van der Waals surface area contributed by atoms with Gasteiger partial charge in [0.25, 0.3) is 5.56 Å². The maximum atomic E-state index is 13.7. The molecule has 0 aliphatic heterocycles. The Morgan fingerprint density at radius 2 is 2.11 bits per heavy atom. The van der Waals surface area contributed by atoms with Gasteiger partial charge in [0.05, 0.1) is 34.7 Å². The van der Waals surface area contributed by atoms with Crippen molar-refractivity contribution in [1.29, 1.82) is 0 Å². The van der Waals surface area contributed by atoms with Crippen molar-refractivity contribution < 1.29 is 17.9 Å². The highest BCUT2D eigenvalue weighted by molar-refractivity contribution is 7.71. The summed E-state index contributed by atoms with van der Waals surface area (Å²) in [5.41, 5.74) is -1.88. The molecule has 1 N–H and O–H groups in total. The average Bonchev–Trinajstić information content (AvgIpc) is 3.09. The van der Waals surface area contributed by atoms with Crippen molar-refractivity contribution in [1.82, 2.24) is 14.5 Å². The number of halogens is 3. The van der Waals surface area contributed by atoms with Crippen molar-refractivity contribution in [3.8, 4) is 10.6 Å². The Labute approximate surface area is 161 Å². The Morgan fingerprint density at radius 1 is 1.37 bits per heavy atom. The first-order valence-corrected chi connectivity index (χ1v) is 9.31. The van der Waals surface area contributed by atoms with Crippen LogP contribution in [-0.4, -0.2) is 28.3 Å². The standard InChI is InChI=1S/C17H16F3N3O2S2/c1-3-9-4-5-12(27-9)11-8-10(17(18,19)20)13-14(21-11)23(6-7-25-2)16(26)22-15(13)24/h4-5,8H,3,6-7H2,1-2H3,(H,22,24,26). The Kier molecular flexibility index (Phi) is 5.50. The van der Waals surface area contributed by atoms with E-state index in [2.05, 4.69) is 9.97 Å². The molecule has 0 bridgehead atoms. The lowest BCUT2D eigenvalue weighted by atomic mass is 10.1. The molecule has 0 fully saturated rings. The number of fused-ring (bicyclic) bond motifs is 1. The van der Waals surface area contributed by atoms with E-state index in [1.54, 1.807) is 6.07 Å². The molecule has 3 aromatic heterocycles. The summed E-state index contributed by atoms with van der Waals surface area (Å²) in [6, 6.07) is 4.51. The van der Waals surface area contributed by atoms with Crippen LogP contribution < -0.4 is 5.56 Å². The number of methoxy groups -OCH3 is 1. The fourth-order valence-corrected chi connectivity index (χ4v) is 3.90. The van der Waals surface area contributed by atoms with Crippen LogP contribution in [0, 0.1) is 4.77 Å². The van der Waals surface area contributed by atoms with Gasteiger partial charge in [0, 0.05) is 12.0 Å². The number of hydrogen-bond acceptors (Lipinski definition) is 5. The van der Waals surface area contributed by atoms with Gasteiger partial charge in [-0.25, -0.2) is 4.98 Å². The van der Waals surface area contributed by atoms with Gasteiger partial charge in [-0.3, -0.25) is 9.78 Å². The Balaban J connectivity index is 2.40. The second kappa shape index (κ2) is 7.53. The minimum Gasteiger partial charge on any atom is -0.383 e. The molecular formula is C17H16F3N3O2S2. The first kappa shape index (κ1) is 19.7. The van der Waals surface area contributed by atoms with Crippen LogP contribution in [0.5, 0.6) is 0 Å². The summed E-state index contributed by atoms with van der Waals surface area (Å²) in [5, 5.41) is -0.525. The zero-order valence-electron chi connectivity index (χ0n) is 14.5. The molecule has 0 unspecified atom stereocenters. The largest absolute Gasteiger partial charge is 0.417 e. The molecule has 0 spiro atoms. The van der Waals surface area contributed by atoms with Crippen molar-refractivity contribution in [2.24, 2.45) is 0 Å². The molecule has 0 aliphatic carbocycles. The van der Waals surface area contributed by atoms with E-state index in [-0.39, 0.29) is 29.3 Å². The number of nitrogens with one attached hydrogen (secondary N) is 1. The van der Waals surface area contributed by atoms with Gasteiger partial charge in [-0.1, -0.05) is 6.92 Å². The highest BCUT2D eigenvalue weighted by Crippen LogP contribution is 2.37. The monoisotopic (exact) mass is 415 g/mol. The fraction of sp³-hybridized carbons (Fsp3) is 0.353. The number of aromatic amines is 1. The summed E-state index contributed by atoms with van der Waals surface area (Å²) in [6.45, 7) is 2.34. The molecule has 3 rings (SSSR count). The molecule has 10 heteroatoms. The van der Waals surface area contributed by atoms with Crippen LogP contribution >= 0.6 is 23.6 Å². The van der Waals surface area contributed by atoms with Gasteiger partial charge >= 0.3 is 6.18 Å². The molecule has 0 saturated heterocycles. The molecule has 0 atom stereocenters. The lowest BCUT2D eigenvalue weighted by Crippen LogP contribution is -2.21. The Bertz CT molecular complexity index is 1100. The van der Waals surface area contributed by atoms with Crippen molar-refractivity contribution in [2.45, 2.75) is 26.1 Å². The highest BCUT2D eigenvalue weighted by atomic mass is 32.1. The van der Waals surface area contributed by atoms with E-state index in [4.69, 9.17) is 17.0 Å². The van der Waals surface area contributed by atoms with Gasteiger partial charge in [0.1, 0.15) is 5.65 Å². The second-order valence-electron chi connectivity index (χ2n) is 5.77. The smallest absolute Gasteiger partial charge is 0.383 e. The van der Waals surface area contributed by atoms with Gasteiger partial charge < -0.3 is 9.30 Å². The minimum atomic E-state index is -4.71. The van der Waals surface area contributed by atoms with Crippen molar-refractivity contribution in [3.63, 3.8) is 0 Å². The van der Waals surface area contributed by atoms with Crippen molar-refractivity contribution in [2.75, 3.05) is 13.7 Å². The summed E-state index contributed by atoms with van der Waals surface area (Å²) >= 11 is 6.50. The number of aryl methyl sites for hydroxylation is 1. The lowest BCUT2D eigenvalue weighted by Gasteiger charge is -2.15. The van der Waals surface area contributed by atoms with Crippen LogP contribution in [0.3, 0.4) is 0 Å². The summed E-state index contributed by atoms with van der Waals surface area (Å²) in [4.78, 5) is 20.6. The molecule has 0 saturated carbocycles. The van der Waals surface area contributed by atoms with Crippen LogP contribution in [0.25, 0.3) is 21.6 Å². The topological polar surface area (TPSA) is 59.9 Å². The summed E-state index contributed by atoms with van der Waals surface area (Å²) < 4.78 is 47.5. The molecule has 0 aromatic carbocycles. The van der Waals surface area contributed by atoms with Crippen LogP contribution in [0.4, 0.5) is 13.2 Å². The summed E-state index contributed by atoms with van der Waals surface area (Å²) in [7, 11) is 1.47. The van der Waals surface area contributed by atoms with E-state index in [0.29, 0.717) is 4.88 Å². The average molecular weight is 415 g/mol. The summed E-state index contributed by atoms with van der Waals surface area (Å²) in [5.74, 6) is 0. The number of nitrogens with zero attached hydrogens (tertiary/aromatic N) is 2. The molecule has 0 aliphatic rings. The highest BCUT2D eigenvalue weighted by Gasteiger charge is 2.35. The fourth-order valence-electron chi connectivity index (χ4n) is 2.72. The summed E-state index contributed by atoms with van der Waals surface area (Å²) in [6.07, 6.45) is -3.94. The second-order valence-corrected chi connectivity index (χ2v) is 7.33. The molecular weight excluding hydrogens is 399 g/mol. The first-order valence-electron chi connectivity index (χ1n) is 8.09. The van der Waals surface area contributed by atoms with Crippen molar-refractivity contribution in [3.05, 3.63) is 43.8 Å². The maximum Gasteiger partial charge on any atom is 0.417 e. The number of H-pyrrole nitrogens is 1. The van der Waals surface area contributed by atoms with E-state index in [1.807, 2.05) is 13.0 Å². The number of ether oxygens (including phenoxy) is 1. The van der Waals surface area contributed by atoms with E-state index in [9.17, 15) is 18.0 Å². The Morgan fingerprint density at radius 3 is 2.70 bits per heavy atom. The van der Waals surface area contributed by atoms with E-state index < -0.39 is 22.7 Å². The van der Waals surface area contributed by atoms with Gasteiger partial charge in [-0.05, 0) is 36.8 Å². The van der Waals surface area contributed by atoms with Crippen LogP contribution in [0.15, 0.2) is 23.0 Å². The van der Waals surface area contributed by atoms with Gasteiger partial charge in [-0.15, -0.1) is 11.3 Å². The third kappa shape index (κ3) is 3.83. The molecule has 0 amide bonds. The Hall–Kier alpha value is -2.04. The molecule has 0 radical (unpaired) electrons. The zero-order valence-corrected chi connectivity index (χ0v) is 16.1. The van der Waals surface area contributed by atoms with Crippen LogP contribution in [0.2, 0.25) is 0 Å². The number of alkyl halides is 3. The molecule has 5 nitrogen and oxygen atoms in total. The number of pyridine rings is 1. The quantitative estimate of drug-likeness (QED) is 0.627. The molecule has 27 heavy (non-hydrogen) atoms. The van der Waals surface area contributed by atoms with E-state index >= 15 is 0 Å². The van der Waals surface area contributed by atoms with Crippen LogP contribution in [0.1, 0.15) is 17.4 Å². The number of aromatic nitrogens is 3. The number of rotatable bonds is 5. The first-order chi connectivity index (χ1) is 12.8. The maximum absolute atomic E-state index is 13.7. The third-order valence-electron chi connectivity index (χ3n) is 4.04. The van der Waals surface area contributed by atoms with Crippen molar-refractivity contribution >= 4 is 34.6 Å². The predicted octanol–water partition coefficient (Wildman–Crippen LogP) is 4.41. The van der Waals surface area contributed by atoms with Gasteiger partial charge in [0.2, 0.25) is 0 Å². The zero-order chi connectivity index (χ0) is 19.8.